The summed E-state index contributed by atoms with van der Waals surface area (Å²) < 4.78 is 5.81. The van der Waals surface area contributed by atoms with Gasteiger partial charge in [-0.05, 0) is 42.3 Å². The summed E-state index contributed by atoms with van der Waals surface area (Å²) in [5, 5.41) is 0. The fourth-order valence-corrected chi connectivity index (χ4v) is 3.08. The van der Waals surface area contributed by atoms with E-state index in [4.69, 9.17) is 4.74 Å². The van der Waals surface area contributed by atoms with Crippen molar-refractivity contribution >= 4 is 11.8 Å². The SMILES string of the molecule is Cc1ccc(CSc2ccc(OCc3ccccc3)cc2)cc1. The Labute approximate surface area is 142 Å². The van der Waals surface area contributed by atoms with Crippen molar-refractivity contribution in [2.75, 3.05) is 0 Å². The van der Waals surface area contributed by atoms with Gasteiger partial charge in [-0.15, -0.1) is 11.8 Å². The van der Waals surface area contributed by atoms with Gasteiger partial charge in [-0.3, -0.25) is 0 Å². The van der Waals surface area contributed by atoms with E-state index in [2.05, 4.69) is 55.5 Å². The zero-order chi connectivity index (χ0) is 15.9. The van der Waals surface area contributed by atoms with Crippen LogP contribution in [0.5, 0.6) is 5.75 Å². The zero-order valence-electron chi connectivity index (χ0n) is 13.2. The average molecular weight is 320 g/mol. The van der Waals surface area contributed by atoms with Crippen LogP contribution in [-0.2, 0) is 12.4 Å². The van der Waals surface area contributed by atoms with Gasteiger partial charge in [-0.25, -0.2) is 0 Å². The van der Waals surface area contributed by atoms with Crippen molar-refractivity contribution in [1.82, 2.24) is 0 Å². The molecule has 2 heteroatoms. The molecule has 0 heterocycles. The number of rotatable bonds is 6. The lowest BCUT2D eigenvalue weighted by molar-refractivity contribution is 0.306. The Morgan fingerprint density at radius 3 is 2.13 bits per heavy atom. The minimum atomic E-state index is 0.608. The van der Waals surface area contributed by atoms with E-state index in [1.807, 2.05) is 42.1 Å². The highest BCUT2D eigenvalue weighted by Crippen LogP contribution is 2.25. The predicted octanol–water partition coefficient (Wildman–Crippen LogP) is 5.87. The van der Waals surface area contributed by atoms with Gasteiger partial charge in [0.15, 0.2) is 0 Å². The maximum absolute atomic E-state index is 5.81. The summed E-state index contributed by atoms with van der Waals surface area (Å²) in [7, 11) is 0. The Balaban J connectivity index is 1.51. The fraction of sp³-hybridized carbons (Fsp3) is 0.143. The van der Waals surface area contributed by atoms with Gasteiger partial charge >= 0.3 is 0 Å². The summed E-state index contributed by atoms with van der Waals surface area (Å²) in [4.78, 5) is 1.26. The summed E-state index contributed by atoms with van der Waals surface area (Å²) in [5.41, 5.74) is 3.84. The number of ether oxygens (including phenoxy) is 1. The van der Waals surface area contributed by atoms with E-state index >= 15 is 0 Å². The third-order valence-electron chi connectivity index (χ3n) is 3.60. The van der Waals surface area contributed by atoms with Crippen molar-refractivity contribution < 1.29 is 4.74 Å². The molecule has 1 nitrogen and oxygen atoms in total. The zero-order valence-corrected chi connectivity index (χ0v) is 14.1. The minimum Gasteiger partial charge on any atom is -0.489 e. The molecule has 0 radical (unpaired) electrons. The Morgan fingerprint density at radius 1 is 0.739 bits per heavy atom. The van der Waals surface area contributed by atoms with Crippen LogP contribution in [0.25, 0.3) is 0 Å². The average Bonchev–Trinajstić information content (AvgIpc) is 2.61. The highest BCUT2D eigenvalue weighted by Gasteiger charge is 1.99. The van der Waals surface area contributed by atoms with Crippen LogP contribution in [0.15, 0.2) is 83.8 Å². The molecule has 0 fully saturated rings. The van der Waals surface area contributed by atoms with Gasteiger partial charge in [-0.2, -0.15) is 0 Å². The summed E-state index contributed by atoms with van der Waals surface area (Å²) in [6.07, 6.45) is 0. The number of aryl methyl sites for hydroxylation is 1. The molecule has 0 aliphatic carbocycles. The van der Waals surface area contributed by atoms with E-state index in [0.29, 0.717) is 6.61 Å². The number of benzene rings is 3. The molecule has 0 atom stereocenters. The van der Waals surface area contributed by atoms with Crippen LogP contribution in [0.4, 0.5) is 0 Å². The van der Waals surface area contributed by atoms with Crippen molar-refractivity contribution in [3.8, 4) is 5.75 Å². The van der Waals surface area contributed by atoms with Crippen LogP contribution in [0.2, 0.25) is 0 Å². The predicted molar refractivity (Wildman–Crippen MR) is 98.0 cm³/mol. The first kappa shape index (κ1) is 15.7. The molecule has 0 bridgehead atoms. The van der Waals surface area contributed by atoms with Gasteiger partial charge in [0.25, 0.3) is 0 Å². The molecule has 0 amide bonds. The van der Waals surface area contributed by atoms with Gasteiger partial charge in [0.05, 0.1) is 0 Å². The molecule has 3 rings (SSSR count). The van der Waals surface area contributed by atoms with E-state index < -0.39 is 0 Å². The molecular formula is C21H20OS. The molecule has 3 aromatic rings. The normalized spacial score (nSPS) is 10.5. The maximum Gasteiger partial charge on any atom is 0.119 e. The van der Waals surface area contributed by atoms with E-state index in [1.165, 1.54) is 21.6 Å². The Hall–Kier alpha value is -2.19. The van der Waals surface area contributed by atoms with E-state index in [0.717, 1.165) is 11.5 Å². The highest BCUT2D eigenvalue weighted by molar-refractivity contribution is 7.98. The highest BCUT2D eigenvalue weighted by atomic mass is 32.2. The molecule has 116 valence electrons. The van der Waals surface area contributed by atoms with Crippen LogP contribution in [0.3, 0.4) is 0 Å². The van der Waals surface area contributed by atoms with Crippen LogP contribution in [0.1, 0.15) is 16.7 Å². The number of hydrogen-bond donors (Lipinski definition) is 0. The second-order valence-electron chi connectivity index (χ2n) is 5.52. The van der Waals surface area contributed by atoms with Crippen molar-refractivity contribution in [3.63, 3.8) is 0 Å². The smallest absolute Gasteiger partial charge is 0.119 e. The van der Waals surface area contributed by atoms with Gasteiger partial charge in [0.1, 0.15) is 12.4 Å². The van der Waals surface area contributed by atoms with Gasteiger partial charge < -0.3 is 4.74 Å². The molecular weight excluding hydrogens is 300 g/mol. The Bertz CT molecular complexity index is 718. The third-order valence-corrected chi connectivity index (χ3v) is 4.68. The summed E-state index contributed by atoms with van der Waals surface area (Å²) in [5.74, 6) is 1.90. The van der Waals surface area contributed by atoms with E-state index in [1.54, 1.807) is 0 Å². The monoisotopic (exact) mass is 320 g/mol. The molecule has 23 heavy (non-hydrogen) atoms. The van der Waals surface area contributed by atoms with Crippen molar-refractivity contribution in [3.05, 3.63) is 95.6 Å². The first-order valence-corrected chi connectivity index (χ1v) is 8.73. The minimum absolute atomic E-state index is 0.608. The van der Waals surface area contributed by atoms with Crippen molar-refractivity contribution in [1.29, 1.82) is 0 Å². The van der Waals surface area contributed by atoms with Crippen LogP contribution in [0, 0.1) is 6.92 Å². The standard InChI is InChI=1S/C21H20OS/c1-17-7-9-19(10-8-17)16-23-21-13-11-20(12-14-21)22-15-18-5-3-2-4-6-18/h2-14H,15-16H2,1H3. The van der Waals surface area contributed by atoms with Crippen LogP contribution < -0.4 is 4.74 Å². The second-order valence-corrected chi connectivity index (χ2v) is 6.57. The number of thioether (sulfide) groups is 1. The van der Waals surface area contributed by atoms with Gasteiger partial charge in [0.2, 0.25) is 0 Å². The fourth-order valence-electron chi connectivity index (χ4n) is 2.22. The molecule has 0 saturated carbocycles. The van der Waals surface area contributed by atoms with Gasteiger partial charge in [-0.1, -0.05) is 60.2 Å². The Kier molecular flexibility index (Phi) is 5.38. The molecule has 0 saturated heterocycles. The number of hydrogen-bond acceptors (Lipinski definition) is 2. The topological polar surface area (TPSA) is 9.23 Å². The largest absolute Gasteiger partial charge is 0.489 e. The lowest BCUT2D eigenvalue weighted by Crippen LogP contribution is -1.94. The molecule has 0 aliphatic heterocycles. The quantitative estimate of drug-likeness (QED) is 0.526. The summed E-state index contributed by atoms with van der Waals surface area (Å²) >= 11 is 1.85. The molecule has 3 aromatic carbocycles. The first-order valence-electron chi connectivity index (χ1n) is 7.75. The molecule has 0 aliphatic rings. The van der Waals surface area contributed by atoms with Gasteiger partial charge in [0, 0.05) is 10.6 Å². The lowest BCUT2D eigenvalue weighted by Gasteiger charge is -2.07. The van der Waals surface area contributed by atoms with Crippen LogP contribution >= 0.6 is 11.8 Å². The second kappa shape index (κ2) is 7.89. The van der Waals surface area contributed by atoms with E-state index in [-0.39, 0.29) is 0 Å². The molecule has 0 N–H and O–H groups in total. The first-order chi connectivity index (χ1) is 11.3. The third kappa shape index (κ3) is 4.90. The molecule has 0 unspecified atom stereocenters. The molecule has 0 aromatic heterocycles. The van der Waals surface area contributed by atoms with Crippen molar-refractivity contribution in [2.45, 2.75) is 24.2 Å². The maximum atomic E-state index is 5.81. The van der Waals surface area contributed by atoms with Crippen molar-refractivity contribution in [2.24, 2.45) is 0 Å². The summed E-state index contributed by atoms with van der Waals surface area (Å²) in [6.45, 7) is 2.72. The molecule has 0 spiro atoms. The summed E-state index contributed by atoms with van der Waals surface area (Å²) in [6, 6.07) is 27.3. The van der Waals surface area contributed by atoms with E-state index in [9.17, 15) is 0 Å². The van der Waals surface area contributed by atoms with Crippen LogP contribution in [-0.4, -0.2) is 0 Å². The Morgan fingerprint density at radius 2 is 1.43 bits per heavy atom. The lowest BCUT2D eigenvalue weighted by atomic mass is 10.2.